The lowest BCUT2D eigenvalue weighted by Gasteiger charge is -2.12. The first-order valence-corrected chi connectivity index (χ1v) is 5.63. The number of terminal acetylenes is 1. The summed E-state index contributed by atoms with van der Waals surface area (Å²) in [7, 11) is 1.66. The molecular formula is C12H23NO3. The van der Waals surface area contributed by atoms with Crippen LogP contribution in [0.25, 0.3) is 0 Å². The van der Waals surface area contributed by atoms with Crippen LogP contribution in [0.3, 0.4) is 0 Å². The van der Waals surface area contributed by atoms with Gasteiger partial charge in [-0.2, -0.15) is 0 Å². The Hall–Kier alpha value is -0.600. The molecule has 0 aromatic rings. The second-order valence-electron chi connectivity index (χ2n) is 3.48. The Morgan fingerprint density at radius 3 is 2.75 bits per heavy atom. The minimum Gasteiger partial charge on any atom is -0.382 e. The molecule has 0 aromatic carbocycles. The monoisotopic (exact) mass is 229 g/mol. The lowest BCUT2D eigenvalue weighted by atomic mass is 10.4. The molecule has 0 saturated carbocycles. The van der Waals surface area contributed by atoms with Crippen LogP contribution in [0.1, 0.15) is 13.3 Å². The molecule has 1 unspecified atom stereocenters. The summed E-state index contributed by atoms with van der Waals surface area (Å²) in [6, 6.07) is 0. The van der Waals surface area contributed by atoms with Gasteiger partial charge in [0.15, 0.2) is 0 Å². The van der Waals surface area contributed by atoms with Gasteiger partial charge >= 0.3 is 0 Å². The summed E-state index contributed by atoms with van der Waals surface area (Å²) < 4.78 is 15.7. The summed E-state index contributed by atoms with van der Waals surface area (Å²) >= 11 is 0. The zero-order valence-electron chi connectivity index (χ0n) is 10.3. The van der Waals surface area contributed by atoms with Crippen LogP contribution in [-0.4, -0.2) is 52.7 Å². The van der Waals surface area contributed by atoms with Crippen molar-refractivity contribution in [3.63, 3.8) is 0 Å². The molecular weight excluding hydrogens is 206 g/mol. The van der Waals surface area contributed by atoms with Gasteiger partial charge in [-0.15, -0.1) is 6.42 Å². The summed E-state index contributed by atoms with van der Waals surface area (Å²) in [5, 5.41) is 3.09. The molecule has 4 heteroatoms. The molecule has 1 atom stereocenters. The summed E-state index contributed by atoms with van der Waals surface area (Å²) in [5.74, 6) is 2.52. The van der Waals surface area contributed by atoms with E-state index in [-0.39, 0.29) is 6.10 Å². The molecule has 0 heterocycles. The molecule has 0 aliphatic rings. The molecule has 0 rings (SSSR count). The van der Waals surface area contributed by atoms with E-state index in [9.17, 15) is 0 Å². The van der Waals surface area contributed by atoms with Crippen molar-refractivity contribution in [2.45, 2.75) is 19.4 Å². The quantitative estimate of drug-likeness (QED) is 0.417. The van der Waals surface area contributed by atoms with E-state index in [1.165, 1.54) is 0 Å². The van der Waals surface area contributed by atoms with Crippen molar-refractivity contribution in [2.75, 3.05) is 46.6 Å². The fraction of sp³-hybridized carbons (Fsp3) is 0.833. The Morgan fingerprint density at radius 2 is 2.06 bits per heavy atom. The Morgan fingerprint density at radius 1 is 1.25 bits per heavy atom. The fourth-order valence-corrected chi connectivity index (χ4v) is 1.10. The summed E-state index contributed by atoms with van der Waals surface area (Å²) in [6.45, 7) is 6.13. The van der Waals surface area contributed by atoms with E-state index in [1.54, 1.807) is 7.11 Å². The summed E-state index contributed by atoms with van der Waals surface area (Å²) in [5.41, 5.74) is 0. The standard InChI is InChI=1S/C12H23NO3/c1-4-6-13-11-12(2)16-8-5-7-15-10-9-14-3/h1,12-13H,5-11H2,2-3H3. The predicted octanol–water partition coefficient (Wildman–Crippen LogP) is 0.667. The molecule has 4 nitrogen and oxygen atoms in total. The highest BCUT2D eigenvalue weighted by Gasteiger charge is 2.00. The highest BCUT2D eigenvalue weighted by molar-refractivity contribution is 4.86. The molecule has 16 heavy (non-hydrogen) atoms. The van der Waals surface area contributed by atoms with E-state index in [2.05, 4.69) is 11.2 Å². The van der Waals surface area contributed by atoms with Crippen LogP contribution in [0.4, 0.5) is 0 Å². The van der Waals surface area contributed by atoms with Gasteiger partial charge in [-0.05, 0) is 13.3 Å². The fourth-order valence-electron chi connectivity index (χ4n) is 1.10. The summed E-state index contributed by atoms with van der Waals surface area (Å²) in [6.07, 6.45) is 6.21. The average molecular weight is 229 g/mol. The van der Waals surface area contributed by atoms with Crippen molar-refractivity contribution >= 4 is 0 Å². The van der Waals surface area contributed by atoms with E-state index in [4.69, 9.17) is 20.6 Å². The highest BCUT2D eigenvalue weighted by atomic mass is 16.5. The first-order valence-electron chi connectivity index (χ1n) is 5.63. The number of methoxy groups -OCH3 is 1. The van der Waals surface area contributed by atoms with E-state index < -0.39 is 0 Å². The minimum atomic E-state index is 0.187. The first-order chi connectivity index (χ1) is 7.81. The van der Waals surface area contributed by atoms with Gasteiger partial charge in [-0.25, -0.2) is 0 Å². The smallest absolute Gasteiger partial charge is 0.0700 e. The van der Waals surface area contributed by atoms with Crippen molar-refractivity contribution in [2.24, 2.45) is 0 Å². The molecule has 94 valence electrons. The second-order valence-corrected chi connectivity index (χ2v) is 3.48. The van der Waals surface area contributed by atoms with Gasteiger partial charge in [-0.1, -0.05) is 5.92 Å². The Bertz CT molecular complexity index is 180. The third-order valence-electron chi connectivity index (χ3n) is 1.93. The molecule has 1 N–H and O–H groups in total. The molecule has 0 aliphatic carbocycles. The zero-order chi connectivity index (χ0) is 12.1. The van der Waals surface area contributed by atoms with Gasteiger partial charge in [0.25, 0.3) is 0 Å². The van der Waals surface area contributed by atoms with E-state index in [0.717, 1.165) is 13.0 Å². The van der Waals surface area contributed by atoms with Gasteiger partial charge in [-0.3, -0.25) is 0 Å². The molecule has 0 bridgehead atoms. The topological polar surface area (TPSA) is 39.7 Å². The van der Waals surface area contributed by atoms with Gasteiger partial charge < -0.3 is 19.5 Å². The average Bonchev–Trinajstić information content (AvgIpc) is 2.28. The number of hydrogen-bond acceptors (Lipinski definition) is 4. The van der Waals surface area contributed by atoms with Crippen molar-refractivity contribution in [1.82, 2.24) is 5.32 Å². The van der Waals surface area contributed by atoms with E-state index >= 15 is 0 Å². The lowest BCUT2D eigenvalue weighted by Crippen LogP contribution is -2.27. The van der Waals surface area contributed by atoms with Crippen LogP contribution in [0.5, 0.6) is 0 Å². The Balaban J connectivity index is 3.09. The Labute approximate surface area is 98.6 Å². The minimum absolute atomic E-state index is 0.187. The van der Waals surface area contributed by atoms with Crippen LogP contribution in [-0.2, 0) is 14.2 Å². The molecule has 0 aromatic heterocycles. The second kappa shape index (κ2) is 12.5. The van der Waals surface area contributed by atoms with Crippen molar-refractivity contribution in [3.8, 4) is 12.3 Å². The van der Waals surface area contributed by atoms with Crippen LogP contribution in [0, 0.1) is 12.3 Å². The van der Waals surface area contributed by atoms with Crippen molar-refractivity contribution in [3.05, 3.63) is 0 Å². The normalized spacial score (nSPS) is 12.3. The third-order valence-corrected chi connectivity index (χ3v) is 1.93. The third kappa shape index (κ3) is 11.5. The van der Waals surface area contributed by atoms with E-state index in [0.29, 0.717) is 33.0 Å². The molecule has 0 fully saturated rings. The maximum Gasteiger partial charge on any atom is 0.0700 e. The maximum absolute atomic E-state index is 5.55. The highest BCUT2D eigenvalue weighted by Crippen LogP contribution is 1.92. The van der Waals surface area contributed by atoms with Crippen LogP contribution in [0.2, 0.25) is 0 Å². The van der Waals surface area contributed by atoms with Crippen LogP contribution >= 0.6 is 0 Å². The molecule has 0 aliphatic heterocycles. The number of nitrogens with one attached hydrogen (secondary N) is 1. The SMILES string of the molecule is C#CCNCC(C)OCCCOCCOC. The van der Waals surface area contributed by atoms with Gasteiger partial charge in [0, 0.05) is 26.9 Å². The number of ether oxygens (including phenoxy) is 3. The van der Waals surface area contributed by atoms with Gasteiger partial charge in [0.2, 0.25) is 0 Å². The van der Waals surface area contributed by atoms with Crippen LogP contribution in [0.15, 0.2) is 0 Å². The molecule has 0 spiro atoms. The molecule has 0 saturated heterocycles. The number of rotatable bonds is 11. The predicted molar refractivity (Wildman–Crippen MR) is 64.4 cm³/mol. The number of hydrogen-bond donors (Lipinski definition) is 1. The molecule has 0 amide bonds. The van der Waals surface area contributed by atoms with E-state index in [1.807, 2.05) is 6.92 Å². The van der Waals surface area contributed by atoms with Crippen molar-refractivity contribution in [1.29, 1.82) is 0 Å². The largest absolute Gasteiger partial charge is 0.382 e. The van der Waals surface area contributed by atoms with Gasteiger partial charge in [0.1, 0.15) is 0 Å². The van der Waals surface area contributed by atoms with Crippen molar-refractivity contribution < 1.29 is 14.2 Å². The Kier molecular flexibility index (Phi) is 12.0. The maximum atomic E-state index is 5.55. The first kappa shape index (κ1) is 15.4. The zero-order valence-corrected chi connectivity index (χ0v) is 10.3. The molecule has 0 radical (unpaired) electrons. The van der Waals surface area contributed by atoms with Crippen LogP contribution < -0.4 is 5.32 Å². The lowest BCUT2D eigenvalue weighted by molar-refractivity contribution is 0.0307. The summed E-state index contributed by atoms with van der Waals surface area (Å²) in [4.78, 5) is 0. The van der Waals surface area contributed by atoms with Gasteiger partial charge in [0.05, 0.1) is 25.9 Å².